The molecule has 18 nitrogen and oxygen atoms in total. The van der Waals surface area contributed by atoms with Crippen molar-refractivity contribution in [2.45, 2.75) is 79.8 Å². The van der Waals surface area contributed by atoms with Gasteiger partial charge in [-0.1, -0.05) is 199 Å². The molecule has 6 aliphatic heterocycles. The number of hydrogen-bond acceptors (Lipinski definition) is 18. The van der Waals surface area contributed by atoms with Crippen molar-refractivity contribution in [2.75, 3.05) is 65.8 Å². The summed E-state index contributed by atoms with van der Waals surface area (Å²) in [6, 6.07) is 56.1. The van der Waals surface area contributed by atoms with Crippen molar-refractivity contribution in [1.29, 1.82) is 0 Å². The zero-order valence-electron chi connectivity index (χ0n) is 51.2. The highest BCUT2D eigenvalue weighted by Crippen LogP contribution is 2.47. The maximum atomic E-state index is 12.2. The first-order chi connectivity index (χ1) is 43.9. The number of methoxy groups -OCH3 is 3. The Morgan fingerprint density at radius 2 is 1.07 bits per heavy atom. The Bertz CT molecular complexity index is 3310. The van der Waals surface area contributed by atoms with Gasteiger partial charge in [0.25, 0.3) is 29.3 Å². The summed E-state index contributed by atoms with van der Waals surface area (Å²) in [7, 11) is 4.72. The van der Waals surface area contributed by atoms with Crippen LogP contribution in [0.4, 0.5) is 5.69 Å². The van der Waals surface area contributed by atoms with Gasteiger partial charge in [-0.3, -0.25) is 46.5 Å². The van der Waals surface area contributed by atoms with Crippen LogP contribution in [0, 0.1) is 22.0 Å². The number of β-lactam (4-membered cyclic amide) rings is 4. The minimum Gasteiger partial charge on any atom is -0.478 e. The number of nitrogens with zero attached hydrogens (tertiary/aromatic N) is 6. The number of amides is 4. The van der Waals surface area contributed by atoms with Gasteiger partial charge in [-0.2, -0.15) is 0 Å². The van der Waals surface area contributed by atoms with Crippen molar-refractivity contribution >= 4 is 95.1 Å². The zero-order chi connectivity index (χ0) is 64.1. The van der Waals surface area contributed by atoms with Crippen LogP contribution in [0.1, 0.15) is 46.3 Å². The zero-order valence-corrected chi connectivity index (χ0v) is 55.3. The highest BCUT2D eigenvalue weighted by molar-refractivity contribution is 7.97. The predicted octanol–water partition coefficient (Wildman–Crippen LogP) is 11.1. The number of ether oxygens (including phenoxy) is 6. The molecule has 11 unspecified atom stereocenters. The van der Waals surface area contributed by atoms with E-state index in [1.807, 2.05) is 145 Å². The van der Waals surface area contributed by atoms with E-state index in [0.29, 0.717) is 25.0 Å². The molecule has 12 rings (SSSR count). The van der Waals surface area contributed by atoms with E-state index in [4.69, 9.17) is 28.4 Å². The molecule has 0 radical (unpaired) electrons. The fourth-order valence-corrected chi connectivity index (χ4v) is 14.4. The molecule has 6 heterocycles. The number of nitro groups is 1. The molecule has 6 aromatic carbocycles. The molecule has 6 saturated heterocycles. The number of non-ortho nitro benzene ring substituents is 1. The van der Waals surface area contributed by atoms with Gasteiger partial charge in [-0.25, -0.2) is 4.31 Å². The second kappa shape index (κ2) is 34.6. The van der Waals surface area contributed by atoms with Crippen molar-refractivity contribution in [2.24, 2.45) is 0 Å². The molecule has 23 heteroatoms. The van der Waals surface area contributed by atoms with Gasteiger partial charge >= 0.3 is 0 Å². The number of hydrogen-bond donors (Lipinski definition) is 0. The molecule has 0 N–H and O–H groups in total. The first-order valence-corrected chi connectivity index (χ1v) is 34.7. The Morgan fingerprint density at radius 1 is 0.556 bits per heavy atom. The second-order valence-electron chi connectivity index (χ2n) is 20.4. The molecule has 6 aromatic rings. The first-order valence-electron chi connectivity index (χ1n) is 28.8. The number of benzene rings is 6. The average molecular weight is 1320 g/mol. The SMILES string of the molecule is COC1C(=O)N(SC)C1/C=C/c1ccccc1.COC1C(=O)N(SC)C1C#Cc1ccccc1.COC1C(=O)N(SC)C1CCc1ccccc1.CSN1C(=O)C(Oc2ccccc2)C1c1ccc([N+](=O)[O-])cc1.CSN1C2OCCOC2C1c1ccccc1. The fraction of sp³-hybridized carbons (Fsp3) is 0.343. The smallest absolute Gasteiger partial charge is 0.276 e. The molecule has 0 aromatic heterocycles. The molecule has 4 amide bonds. The van der Waals surface area contributed by atoms with Crippen molar-refractivity contribution in [3.63, 3.8) is 0 Å². The molecule has 6 aliphatic rings. The molecule has 0 saturated carbocycles. The van der Waals surface area contributed by atoms with Crippen LogP contribution < -0.4 is 4.74 Å². The Morgan fingerprint density at radius 3 is 1.63 bits per heavy atom. The average Bonchev–Trinajstić information content (AvgIpc) is 1.05. The highest BCUT2D eigenvalue weighted by atomic mass is 32.2. The normalized spacial score (nSPS) is 24.5. The van der Waals surface area contributed by atoms with E-state index in [1.165, 1.54) is 78.2 Å². The summed E-state index contributed by atoms with van der Waals surface area (Å²) in [6.45, 7) is 1.42. The Labute approximate surface area is 548 Å². The molecule has 6 fully saturated rings. The predicted molar refractivity (Wildman–Crippen MR) is 359 cm³/mol. The van der Waals surface area contributed by atoms with E-state index in [-0.39, 0.29) is 78.0 Å². The molecule has 0 bridgehead atoms. The number of para-hydroxylation sites is 1. The van der Waals surface area contributed by atoms with Crippen LogP contribution in [0.15, 0.2) is 182 Å². The van der Waals surface area contributed by atoms with E-state index in [0.717, 1.165) is 29.5 Å². The minimum absolute atomic E-state index is 0.00707. The largest absolute Gasteiger partial charge is 0.478 e. The second-order valence-corrected chi connectivity index (χ2v) is 24.2. The summed E-state index contributed by atoms with van der Waals surface area (Å²) in [4.78, 5) is 57.3. The fourth-order valence-electron chi connectivity index (χ4n) is 10.7. The lowest BCUT2D eigenvalue weighted by molar-refractivity contribution is -0.384. The third-order valence-electron chi connectivity index (χ3n) is 15.3. The third kappa shape index (κ3) is 16.6. The van der Waals surface area contributed by atoms with E-state index in [2.05, 4.69) is 58.8 Å². The summed E-state index contributed by atoms with van der Waals surface area (Å²) < 4.78 is 41.9. The monoisotopic (exact) mass is 1310 g/mol. The standard InChI is InChI=1S/C16H14N2O4S.C13H17NO2S.C13H15NO2S.C13H13NO2S.C12H15NO2S/c1-23-17-14(11-7-9-12(10-8-11)18(20)21)15(16(17)19)22-13-5-3-2-4-6-13;3*1-16-12-11(14(17-2)13(12)15)9-8-10-6-4-3-5-7-10;1-16-13-10(9-5-3-2-4-6-9)11-12(13)15-8-7-14-11/h2-10,14-15H,1H3;3-7,11-12H,8-9H2,1-2H3;3-9,11-12H,1-2H3;3-7,11-12H,1-2H3;2-6,10-12H,7-8H2,1H3/b;;9-8+;;. The van der Waals surface area contributed by atoms with Crippen molar-refractivity contribution < 1.29 is 52.5 Å². The van der Waals surface area contributed by atoms with Crippen LogP contribution in [-0.2, 0) is 49.3 Å². The van der Waals surface area contributed by atoms with Crippen LogP contribution in [0.5, 0.6) is 5.75 Å². The van der Waals surface area contributed by atoms with E-state index < -0.39 is 17.1 Å². The number of carbonyl (C=O) groups is 4. The molecule has 0 spiro atoms. The number of nitro benzene ring substituents is 1. The number of aryl methyl sites for hydroxylation is 1. The molecule has 0 aliphatic carbocycles. The minimum atomic E-state index is -0.619. The van der Waals surface area contributed by atoms with Crippen molar-refractivity contribution in [3.05, 3.63) is 220 Å². The van der Waals surface area contributed by atoms with Gasteiger partial charge < -0.3 is 28.4 Å². The topological polar surface area (TPSA) is 183 Å². The third-order valence-corrected chi connectivity index (χ3v) is 19.4. The first kappa shape index (κ1) is 69.1. The van der Waals surface area contributed by atoms with Gasteiger partial charge in [-0.15, -0.1) is 0 Å². The van der Waals surface area contributed by atoms with Gasteiger partial charge in [0.05, 0.1) is 36.3 Å². The van der Waals surface area contributed by atoms with Crippen LogP contribution in [0.2, 0.25) is 0 Å². The summed E-state index contributed by atoms with van der Waals surface area (Å²) in [5, 5.41) is 10.8. The van der Waals surface area contributed by atoms with Crippen LogP contribution in [0.3, 0.4) is 0 Å². The molecule has 474 valence electrons. The number of carbonyl (C=O) groups excluding carboxylic acids is 4. The van der Waals surface area contributed by atoms with Gasteiger partial charge in [0.1, 0.15) is 30.2 Å². The van der Waals surface area contributed by atoms with E-state index >= 15 is 0 Å². The summed E-state index contributed by atoms with van der Waals surface area (Å²) in [5.41, 5.74) is 5.53. The van der Waals surface area contributed by atoms with Crippen LogP contribution in [0.25, 0.3) is 6.08 Å². The maximum absolute atomic E-state index is 12.2. The van der Waals surface area contributed by atoms with Crippen LogP contribution in [-0.4, -0.2) is 171 Å². The van der Waals surface area contributed by atoms with Crippen molar-refractivity contribution in [3.8, 4) is 17.6 Å². The number of fused-ring (bicyclic) bond motifs is 1. The Balaban J connectivity index is 0.000000146. The van der Waals surface area contributed by atoms with Gasteiger partial charge in [0.15, 0.2) is 18.3 Å². The summed E-state index contributed by atoms with van der Waals surface area (Å²) in [5.74, 6) is 6.79. The van der Waals surface area contributed by atoms with Crippen LogP contribution >= 0.6 is 59.7 Å². The molecule has 90 heavy (non-hydrogen) atoms. The highest BCUT2D eigenvalue weighted by Gasteiger charge is 2.53. The van der Waals surface area contributed by atoms with Gasteiger partial charge in [0.2, 0.25) is 6.10 Å². The maximum Gasteiger partial charge on any atom is 0.276 e. The van der Waals surface area contributed by atoms with E-state index in [1.54, 1.807) is 63.3 Å². The van der Waals surface area contributed by atoms with E-state index in [9.17, 15) is 29.3 Å². The van der Waals surface area contributed by atoms with Gasteiger partial charge in [-0.05, 0) is 89.7 Å². The quantitative estimate of drug-likeness (QED) is 0.0260. The summed E-state index contributed by atoms with van der Waals surface area (Å²) in [6.07, 6.45) is 14.3. The summed E-state index contributed by atoms with van der Waals surface area (Å²) >= 11 is 7.35. The lowest BCUT2D eigenvalue weighted by Crippen LogP contribution is -2.63. The van der Waals surface area contributed by atoms with Gasteiger partial charge in [0, 0.05) is 64.0 Å². The molecular weight excluding hydrogens is 1240 g/mol. The Kier molecular flexibility index (Phi) is 26.6. The Hall–Kier alpha value is -6.79. The molecule has 11 atom stereocenters. The molecular formula is C67H74N6O12S5. The van der Waals surface area contributed by atoms with Crippen molar-refractivity contribution in [1.82, 2.24) is 21.5 Å². The lowest BCUT2D eigenvalue weighted by atomic mass is 9.92. The number of rotatable bonds is 18. The lowest BCUT2D eigenvalue weighted by Gasteiger charge is -2.54.